The monoisotopic (exact) mass is 453 g/mol. The Hall–Kier alpha value is -2.58. The highest BCUT2D eigenvalue weighted by atomic mass is 16.5. The minimum absolute atomic E-state index is 0.0369. The number of morpholine rings is 1. The fraction of sp³-hybridized carbons (Fsp3) is 0.600. The van der Waals surface area contributed by atoms with Crippen LogP contribution in [-0.4, -0.2) is 85.5 Å². The molecule has 33 heavy (non-hydrogen) atoms. The summed E-state index contributed by atoms with van der Waals surface area (Å²) in [6, 6.07) is 6.20. The highest BCUT2D eigenvalue weighted by molar-refractivity contribution is 5.98. The molecule has 0 spiro atoms. The van der Waals surface area contributed by atoms with Crippen LogP contribution in [0.15, 0.2) is 35.5 Å². The van der Waals surface area contributed by atoms with Crippen LogP contribution in [0.25, 0.3) is 0 Å². The van der Waals surface area contributed by atoms with Gasteiger partial charge in [0.25, 0.3) is 0 Å². The Balaban J connectivity index is 1.28. The fourth-order valence-corrected chi connectivity index (χ4v) is 5.13. The number of hydrogen-bond donors (Lipinski definition) is 1. The second-order valence-corrected chi connectivity index (χ2v) is 10.1. The first-order valence-electron chi connectivity index (χ1n) is 12.1. The SMILES string of the molecule is CC1(C)CCN(C2=NN(CC(=O)N3CCc4c(N5CCOCC5)cccc43)C(O)C=C2)CC1. The lowest BCUT2D eigenvalue weighted by Gasteiger charge is -2.39. The zero-order valence-electron chi connectivity index (χ0n) is 19.7. The molecule has 0 saturated carbocycles. The molecule has 5 rings (SSSR count). The summed E-state index contributed by atoms with van der Waals surface area (Å²) in [4.78, 5) is 19.8. The summed E-state index contributed by atoms with van der Waals surface area (Å²) in [6.45, 7) is 10.4. The number of ether oxygens (including phenoxy) is 1. The molecule has 0 aromatic heterocycles. The number of aliphatic hydroxyl groups excluding tert-OH is 1. The molecule has 0 aliphatic carbocycles. The third kappa shape index (κ3) is 4.59. The molecule has 4 aliphatic heterocycles. The number of anilines is 2. The third-order valence-corrected chi connectivity index (χ3v) is 7.35. The molecule has 4 heterocycles. The zero-order valence-corrected chi connectivity index (χ0v) is 19.7. The lowest BCUT2D eigenvalue weighted by molar-refractivity contribution is -0.121. The average Bonchev–Trinajstić information content (AvgIpc) is 3.26. The Morgan fingerprint density at radius 2 is 1.82 bits per heavy atom. The van der Waals surface area contributed by atoms with Crippen molar-refractivity contribution in [3.05, 3.63) is 35.9 Å². The van der Waals surface area contributed by atoms with Gasteiger partial charge in [0, 0.05) is 49.7 Å². The molecule has 178 valence electrons. The maximum absolute atomic E-state index is 13.3. The van der Waals surface area contributed by atoms with Crippen molar-refractivity contribution in [3.8, 4) is 0 Å². The van der Waals surface area contributed by atoms with Gasteiger partial charge in [0.1, 0.15) is 12.4 Å². The number of nitrogens with zero attached hydrogens (tertiary/aromatic N) is 5. The van der Waals surface area contributed by atoms with Crippen molar-refractivity contribution in [2.75, 3.05) is 62.3 Å². The van der Waals surface area contributed by atoms with E-state index in [0.717, 1.165) is 70.2 Å². The quantitative estimate of drug-likeness (QED) is 0.755. The summed E-state index contributed by atoms with van der Waals surface area (Å²) in [5, 5.41) is 16.7. The third-order valence-electron chi connectivity index (χ3n) is 7.35. The number of likely N-dealkylation sites (tertiary alicyclic amines) is 1. The van der Waals surface area contributed by atoms with Crippen LogP contribution >= 0.6 is 0 Å². The van der Waals surface area contributed by atoms with Gasteiger partial charge in [0.05, 0.1) is 13.2 Å². The number of hydrogen-bond acceptors (Lipinski definition) is 7. The van der Waals surface area contributed by atoms with Gasteiger partial charge < -0.3 is 24.5 Å². The summed E-state index contributed by atoms with van der Waals surface area (Å²) >= 11 is 0. The minimum atomic E-state index is -0.888. The number of benzene rings is 1. The van der Waals surface area contributed by atoms with Crippen LogP contribution in [0, 0.1) is 5.41 Å². The number of amides is 1. The van der Waals surface area contributed by atoms with Crippen molar-refractivity contribution in [3.63, 3.8) is 0 Å². The second kappa shape index (κ2) is 8.99. The van der Waals surface area contributed by atoms with Gasteiger partial charge >= 0.3 is 0 Å². The van der Waals surface area contributed by atoms with E-state index >= 15 is 0 Å². The van der Waals surface area contributed by atoms with Crippen molar-refractivity contribution >= 4 is 23.1 Å². The smallest absolute Gasteiger partial charge is 0.248 e. The van der Waals surface area contributed by atoms with E-state index in [1.807, 2.05) is 23.1 Å². The van der Waals surface area contributed by atoms with Gasteiger partial charge in [-0.25, -0.2) is 0 Å². The van der Waals surface area contributed by atoms with E-state index < -0.39 is 6.23 Å². The summed E-state index contributed by atoms with van der Waals surface area (Å²) in [6.07, 6.45) is 5.78. The molecule has 2 saturated heterocycles. The van der Waals surface area contributed by atoms with Crippen LogP contribution in [0.3, 0.4) is 0 Å². The molecular weight excluding hydrogens is 418 g/mol. The van der Waals surface area contributed by atoms with E-state index in [0.29, 0.717) is 12.0 Å². The van der Waals surface area contributed by atoms with Gasteiger partial charge in [-0.1, -0.05) is 19.9 Å². The Labute approximate surface area is 196 Å². The molecular formula is C25H35N5O3. The molecule has 1 atom stereocenters. The van der Waals surface area contributed by atoms with Crippen LogP contribution in [0.4, 0.5) is 11.4 Å². The molecule has 1 N–H and O–H groups in total. The van der Waals surface area contributed by atoms with Crippen molar-refractivity contribution in [1.29, 1.82) is 0 Å². The lowest BCUT2D eigenvalue weighted by atomic mass is 9.82. The molecule has 0 radical (unpaired) electrons. The highest BCUT2D eigenvalue weighted by Crippen LogP contribution is 2.36. The molecule has 1 amide bonds. The number of rotatable bonds is 3. The number of aliphatic hydroxyl groups is 1. The van der Waals surface area contributed by atoms with Gasteiger partial charge in [-0.05, 0) is 49.0 Å². The van der Waals surface area contributed by atoms with E-state index in [4.69, 9.17) is 4.74 Å². The molecule has 8 nitrogen and oxygen atoms in total. The molecule has 4 aliphatic rings. The van der Waals surface area contributed by atoms with E-state index in [1.165, 1.54) is 16.3 Å². The number of carbonyl (C=O) groups is 1. The minimum Gasteiger partial charge on any atom is -0.378 e. The van der Waals surface area contributed by atoms with Crippen molar-refractivity contribution in [2.24, 2.45) is 10.5 Å². The topological polar surface area (TPSA) is 71.9 Å². The zero-order chi connectivity index (χ0) is 23.0. The Kier molecular flexibility index (Phi) is 6.05. The number of fused-ring (bicyclic) bond motifs is 1. The second-order valence-electron chi connectivity index (χ2n) is 10.1. The van der Waals surface area contributed by atoms with Gasteiger partial charge in [-0.3, -0.25) is 9.80 Å². The van der Waals surface area contributed by atoms with E-state index in [9.17, 15) is 9.90 Å². The summed E-state index contributed by atoms with van der Waals surface area (Å²) in [5.41, 5.74) is 3.77. The van der Waals surface area contributed by atoms with Crippen LogP contribution in [0.2, 0.25) is 0 Å². The van der Waals surface area contributed by atoms with Gasteiger partial charge in [-0.2, -0.15) is 5.10 Å². The number of hydrazone groups is 1. The van der Waals surface area contributed by atoms with Gasteiger partial charge in [-0.15, -0.1) is 0 Å². The largest absolute Gasteiger partial charge is 0.378 e. The normalized spacial score (nSPS) is 24.7. The summed E-state index contributed by atoms with van der Waals surface area (Å²) in [5.74, 6) is 0.796. The maximum Gasteiger partial charge on any atom is 0.248 e. The first-order chi connectivity index (χ1) is 15.9. The van der Waals surface area contributed by atoms with Gasteiger partial charge in [0.2, 0.25) is 5.91 Å². The van der Waals surface area contributed by atoms with Crippen LogP contribution in [0.1, 0.15) is 32.3 Å². The summed E-state index contributed by atoms with van der Waals surface area (Å²) in [7, 11) is 0. The van der Waals surface area contributed by atoms with Crippen molar-refractivity contribution in [1.82, 2.24) is 9.91 Å². The number of piperidine rings is 1. The fourth-order valence-electron chi connectivity index (χ4n) is 5.13. The van der Waals surface area contributed by atoms with E-state index in [-0.39, 0.29) is 12.5 Å². The number of carbonyl (C=O) groups excluding carboxylic acids is 1. The molecule has 8 heteroatoms. The van der Waals surface area contributed by atoms with Crippen molar-refractivity contribution < 1.29 is 14.6 Å². The molecule has 0 bridgehead atoms. The molecule has 2 fully saturated rings. The average molecular weight is 454 g/mol. The Morgan fingerprint density at radius 3 is 2.58 bits per heavy atom. The van der Waals surface area contributed by atoms with Crippen LogP contribution in [-0.2, 0) is 16.0 Å². The predicted molar refractivity (Wildman–Crippen MR) is 129 cm³/mol. The first-order valence-corrected chi connectivity index (χ1v) is 12.1. The first kappa shape index (κ1) is 22.2. The van der Waals surface area contributed by atoms with Gasteiger partial charge in [0.15, 0.2) is 6.23 Å². The highest BCUT2D eigenvalue weighted by Gasteiger charge is 2.32. The molecule has 1 aromatic carbocycles. The molecule has 1 unspecified atom stereocenters. The Bertz CT molecular complexity index is 943. The number of amidine groups is 1. The maximum atomic E-state index is 13.3. The van der Waals surface area contributed by atoms with E-state index in [2.05, 4.69) is 34.8 Å². The predicted octanol–water partition coefficient (Wildman–Crippen LogP) is 2.04. The Morgan fingerprint density at radius 1 is 1.09 bits per heavy atom. The summed E-state index contributed by atoms with van der Waals surface area (Å²) < 4.78 is 5.50. The lowest BCUT2D eigenvalue weighted by Crippen LogP contribution is -2.46. The molecule has 1 aromatic rings. The van der Waals surface area contributed by atoms with Crippen molar-refractivity contribution in [2.45, 2.75) is 39.3 Å². The van der Waals surface area contributed by atoms with Crippen LogP contribution < -0.4 is 9.80 Å². The standard InChI is InChI=1S/C25H35N5O3/c1-25(2)9-12-28(13-10-25)22-6-7-23(31)30(26-22)18-24(32)29-11-8-19-20(4-3-5-21(19)29)27-14-16-33-17-15-27/h3-7,23,31H,8-18H2,1-2H3. The van der Waals surface area contributed by atoms with Crippen LogP contribution in [0.5, 0.6) is 0 Å². The van der Waals surface area contributed by atoms with E-state index in [1.54, 1.807) is 6.08 Å².